The Kier molecular flexibility index (Phi) is 5.98. The third-order valence-electron chi connectivity index (χ3n) is 4.89. The van der Waals surface area contributed by atoms with Gasteiger partial charge in [0, 0.05) is 19.2 Å². The summed E-state index contributed by atoms with van der Waals surface area (Å²) in [7, 11) is 0. The van der Waals surface area contributed by atoms with E-state index in [1.807, 2.05) is 42.5 Å². The Morgan fingerprint density at radius 1 is 0.871 bits per heavy atom. The normalized spacial score (nSPS) is 13.0. The van der Waals surface area contributed by atoms with E-state index in [-0.39, 0.29) is 24.8 Å². The molecule has 0 aliphatic carbocycles. The molecule has 1 aliphatic heterocycles. The van der Waals surface area contributed by atoms with Crippen molar-refractivity contribution in [1.29, 1.82) is 0 Å². The number of amides is 2. The van der Waals surface area contributed by atoms with Gasteiger partial charge in [0.15, 0.2) is 0 Å². The molecule has 4 rings (SSSR count). The van der Waals surface area contributed by atoms with Crippen molar-refractivity contribution in [2.75, 3.05) is 6.54 Å². The number of hydrogen-bond acceptors (Lipinski definition) is 5. The van der Waals surface area contributed by atoms with Crippen molar-refractivity contribution in [3.05, 3.63) is 95.3 Å². The number of pyridine rings is 1. The predicted molar refractivity (Wildman–Crippen MR) is 116 cm³/mol. The van der Waals surface area contributed by atoms with E-state index in [1.54, 1.807) is 42.6 Å². The highest BCUT2D eigenvalue weighted by atomic mass is 16.5. The summed E-state index contributed by atoms with van der Waals surface area (Å²) in [6, 6.07) is 19.6. The van der Waals surface area contributed by atoms with Gasteiger partial charge in [0.05, 0.1) is 16.8 Å². The fourth-order valence-corrected chi connectivity index (χ4v) is 3.31. The minimum absolute atomic E-state index is 0.106. The molecule has 0 fully saturated rings. The van der Waals surface area contributed by atoms with E-state index in [0.717, 1.165) is 11.3 Å². The molecule has 6 nitrogen and oxygen atoms in total. The van der Waals surface area contributed by atoms with Gasteiger partial charge in [-0.15, -0.1) is 0 Å². The second-order valence-electron chi connectivity index (χ2n) is 7.04. The lowest BCUT2D eigenvalue weighted by Gasteiger charge is -2.13. The zero-order chi connectivity index (χ0) is 21.6. The molecular weight excluding hydrogens is 392 g/mol. The van der Waals surface area contributed by atoms with Crippen LogP contribution in [0.5, 0.6) is 5.75 Å². The number of aromatic nitrogens is 1. The van der Waals surface area contributed by atoms with Crippen LogP contribution in [0.15, 0.2) is 72.9 Å². The van der Waals surface area contributed by atoms with Crippen LogP contribution >= 0.6 is 0 Å². The zero-order valence-corrected chi connectivity index (χ0v) is 16.7. The lowest BCUT2D eigenvalue weighted by Crippen LogP contribution is -2.31. The van der Waals surface area contributed by atoms with E-state index < -0.39 is 5.97 Å². The summed E-state index contributed by atoms with van der Waals surface area (Å²) < 4.78 is 5.35. The van der Waals surface area contributed by atoms with E-state index >= 15 is 0 Å². The van der Waals surface area contributed by atoms with E-state index in [9.17, 15) is 14.4 Å². The summed E-state index contributed by atoms with van der Waals surface area (Å²) in [6.45, 7) is 0.179. The van der Waals surface area contributed by atoms with Crippen LogP contribution in [0.2, 0.25) is 0 Å². The Morgan fingerprint density at radius 2 is 1.55 bits per heavy atom. The highest BCUT2D eigenvalue weighted by Gasteiger charge is 2.34. The number of fused-ring (bicyclic) bond motifs is 1. The predicted octanol–water partition coefficient (Wildman–Crippen LogP) is 4.23. The third-order valence-corrected chi connectivity index (χ3v) is 4.89. The second-order valence-corrected chi connectivity index (χ2v) is 7.04. The van der Waals surface area contributed by atoms with Crippen LogP contribution in [0.1, 0.15) is 44.8 Å². The van der Waals surface area contributed by atoms with Gasteiger partial charge >= 0.3 is 5.97 Å². The number of rotatable bonds is 7. The summed E-state index contributed by atoms with van der Waals surface area (Å²) in [5, 5.41) is 0. The highest BCUT2D eigenvalue weighted by Crippen LogP contribution is 2.23. The van der Waals surface area contributed by atoms with Crippen molar-refractivity contribution < 1.29 is 19.1 Å². The molecule has 2 amide bonds. The van der Waals surface area contributed by atoms with E-state index in [2.05, 4.69) is 4.98 Å². The summed E-state index contributed by atoms with van der Waals surface area (Å²) in [5.41, 5.74) is 2.63. The zero-order valence-electron chi connectivity index (χ0n) is 16.7. The molecule has 0 bridgehead atoms. The molecule has 0 N–H and O–H groups in total. The molecule has 0 spiro atoms. The largest absolute Gasteiger partial charge is 0.427 e. The summed E-state index contributed by atoms with van der Waals surface area (Å²) >= 11 is 0. The van der Waals surface area contributed by atoms with Gasteiger partial charge in [-0.25, -0.2) is 0 Å². The monoisotopic (exact) mass is 412 g/mol. The molecule has 6 heteroatoms. The first-order chi connectivity index (χ1) is 15.1. The molecule has 154 valence electrons. The van der Waals surface area contributed by atoms with Crippen LogP contribution in [-0.4, -0.2) is 34.2 Å². The van der Waals surface area contributed by atoms with Gasteiger partial charge in [0.1, 0.15) is 5.75 Å². The van der Waals surface area contributed by atoms with Gasteiger partial charge in [0.2, 0.25) is 0 Å². The number of imide groups is 1. The van der Waals surface area contributed by atoms with E-state index in [0.29, 0.717) is 23.3 Å². The molecular formula is C25H20N2O4. The van der Waals surface area contributed by atoms with Crippen LogP contribution < -0.4 is 4.74 Å². The Hall–Kier alpha value is -4.06. The standard InChI is InChI=1S/C25H20N2O4/c28-23(9-5-17-27-24(29)21-7-1-2-8-22(21)25(27)30)31-20-14-11-18(12-15-20)10-13-19-6-3-4-16-26-19/h1-4,6-8,10-16H,5,9,17H2/b13-10+. The number of hydrogen-bond donors (Lipinski definition) is 0. The van der Waals surface area contributed by atoms with Crippen LogP contribution in [-0.2, 0) is 4.79 Å². The molecule has 2 heterocycles. The van der Waals surface area contributed by atoms with Crippen molar-refractivity contribution >= 4 is 29.9 Å². The first-order valence-electron chi connectivity index (χ1n) is 9.97. The van der Waals surface area contributed by atoms with E-state index in [4.69, 9.17) is 4.74 Å². The maximum atomic E-state index is 12.3. The molecule has 2 aromatic carbocycles. The molecule has 31 heavy (non-hydrogen) atoms. The number of esters is 1. The van der Waals surface area contributed by atoms with Crippen LogP contribution in [0.25, 0.3) is 12.2 Å². The number of benzene rings is 2. The number of ether oxygens (including phenoxy) is 1. The maximum Gasteiger partial charge on any atom is 0.311 e. The minimum Gasteiger partial charge on any atom is -0.427 e. The van der Waals surface area contributed by atoms with Gasteiger partial charge in [-0.3, -0.25) is 24.3 Å². The van der Waals surface area contributed by atoms with E-state index in [1.165, 1.54) is 4.90 Å². The van der Waals surface area contributed by atoms with Crippen molar-refractivity contribution in [1.82, 2.24) is 9.88 Å². The minimum atomic E-state index is -0.409. The molecule has 3 aromatic rings. The van der Waals surface area contributed by atoms with Gasteiger partial charge in [-0.2, -0.15) is 0 Å². The third kappa shape index (κ3) is 4.75. The van der Waals surface area contributed by atoms with Gasteiger partial charge in [0.25, 0.3) is 11.8 Å². The van der Waals surface area contributed by atoms with Crippen LogP contribution in [0, 0.1) is 0 Å². The number of carbonyl (C=O) groups excluding carboxylic acids is 3. The second kappa shape index (κ2) is 9.17. The average molecular weight is 412 g/mol. The van der Waals surface area contributed by atoms with Crippen LogP contribution in [0.3, 0.4) is 0 Å². The molecule has 1 aliphatic rings. The van der Waals surface area contributed by atoms with Crippen molar-refractivity contribution in [3.8, 4) is 5.75 Å². The molecule has 0 saturated heterocycles. The Bertz CT molecular complexity index is 1100. The van der Waals surface area contributed by atoms with Gasteiger partial charge < -0.3 is 4.74 Å². The van der Waals surface area contributed by atoms with Gasteiger partial charge in [-0.1, -0.05) is 36.4 Å². The van der Waals surface area contributed by atoms with Crippen molar-refractivity contribution in [2.45, 2.75) is 12.8 Å². The first kappa shape index (κ1) is 20.2. The summed E-state index contributed by atoms with van der Waals surface area (Å²) in [5.74, 6) is -0.597. The SMILES string of the molecule is O=C(CCCN1C(=O)c2ccccc2C1=O)Oc1ccc(/C=C/c2ccccn2)cc1. The van der Waals surface area contributed by atoms with Crippen LogP contribution in [0.4, 0.5) is 0 Å². The quantitative estimate of drug-likeness (QED) is 0.330. The summed E-state index contributed by atoms with van der Waals surface area (Å²) in [4.78, 5) is 42.2. The Morgan fingerprint density at radius 3 is 2.19 bits per heavy atom. The molecule has 0 saturated carbocycles. The molecule has 1 aromatic heterocycles. The fraction of sp³-hybridized carbons (Fsp3) is 0.120. The number of carbonyl (C=O) groups is 3. The molecule has 0 atom stereocenters. The van der Waals surface area contributed by atoms with Gasteiger partial charge in [-0.05, 0) is 54.5 Å². The first-order valence-corrected chi connectivity index (χ1v) is 9.97. The smallest absolute Gasteiger partial charge is 0.311 e. The van der Waals surface area contributed by atoms with Crippen molar-refractivity contribution in [2.24, 2.45) is 0 Å². The number of nitrogens with zero attached hydrogens (tertiary/aromatic N) is 2. The lowest BCUT2D eigenvalue weighted by molar-refractivity contribution is -0.134. The molecule has 0 radical (unpaired) electrons. The Balaban J connectivity index is 1.25. The lowest BCUT2D eigenvalue weighted by atomic mass is 10.1. The molecule has 0 unspecified atom stereocenters. The van der Waals surface area contributed by atoms with Crippen molar-refractivity contribution in [3.63, 3.8) is 0 Å². The average Bonchev–Trinajstić information content (AvgIpc) is 3.04. The maximum absolute atomic E-state index is 12.3. The Labute approximate surface area is 179 Å². The highest BCUT2D eigenvalue weighted by molar-refractivity contribution is 6.21. The topological polar surface area (TPSA) is 76.6 Å². The fourth-order valence-electron chi connectivity index (χ4n) is 3.31. The summed E-state index contributed by atoms with van der Waals surface area (Å²) in [6.07, 6.45) is 6.01.